The molecule has 0 radical (unpaired) electrons. The van der Waals surface area contributed by atoms with Crippen LogP contribution < -0.4 is 5.32 Å². The third-order valence-corrected chi connectivity index (χ3v) is 4.84. The highest BCUT2D eigenvalue weighted by Crippen LogP contribution is 2.36. The van der Waals surface area contributed by atoms with Gasteiger partial charge in [0.05, 0.1) is 27.2 Å². The number of nitrogens with one attached hydrogen (secondary N) is 2. The lowest BCUT2D eigenvalue weighted by molar-refractivity contribution is -0.137. The number of hydrogen-bond acceptors (Lipinski definition) is 2. The van der Waals surface area contributed by atoms with Crippen LogP contribution in [-0.2, 0) is 6.18 Å². The number of carbonyl (C=O) groups is 1. The molecule has 0 saturated carbocycles. The Morgan fingerprint density at radius 3 is 2.52 bits per heavy atom. The van der Waals surface area contributed by atoms with Gasteiger partial charge in [0.25, 0.3) is 5.91 Å². The van der Waals surface area contributed by atoms with Crippen molar-refractivity contribution in [1.29, 1.82) is 0 Å². The number of alkyl halides is 3. The van der Waals surface area contributed by atoms with E-state index in [0.29, 0.717) is 29.1 Å². The van der Waals surface area contributed by atoms with Crippen LogP contribution in [0, 0.1) is 11.6 Å². The fourth-order valence-corrected chi connectivity index (χ4v) is 3.34. The number of rotatable bonds is 3. The number of aromatic nitrogens is 2. The molecule has 4 aromatic rings. The molecule has 0 bridgehead atoms. The van der Waals surface area contributed by atoms with Crippen LogP contribution in [-0.4, -0.2) is 16.1 Å². The topological polar surface area (TPSA) is 57.8 Å². The summed E-state index contributed by atoms with van der Waals surface area (Å²) in [7, 11) is 0. The minimum Gasteiger partial charge on any atom is -0.321 e. The predicted molar refractivity (Wildman–Crippen MR) is 106 cm³/mol. The molecule has 10 heteroatoms. The van der Waals surface area contributed by atoms with Crippen LogP contribution in [0.15, 0.2) is 54.6 Å². The van der Waals surface area contributed by atoms with Crippen LogP contribution in [0.1, 0.15) is 15.9 Å². The molecule has 1 aromatic heterocycles. The Kier molecular flexibility index (Phi) is 5.14. The molecule has 1 amide bonds. The number of halogens is 6. The minimum atomic E-state index is -4.82. The van der Waals surface area contributed by atoms with Gasteiger partial charge in [0.1, 0.15) is 17.3 Å². The Bertz CT molecular complexity index is 1320. The molecule has 0 aliphatic carbocycles. The number of amides is 1. The van der Waals surface area contributed by atoms with Gasteiger partial charge in [0, 0.05) is 11.1 Å². The van der Waals surface area contributed by atoms with E-state index >= 15 is 0 Å². The minimum absolute atomic E-state index is 0.171. The van der Waals surface area contributed by atoms with E-state index in [9.17, 15) is 26.7 Å². The standard InChI is InChI=1S/C21H11ClF5N3O/c22-15-5-4-12(23)9-14(15)19-18-16(2-1-3-17(18)29-30-19)28-20(31)10-6-11(21(25,26)27)8-13(24)7-10/h1-9H,(H,28,31)(H,29,30). The van der Waals surface area contributed by atoms with Gasteiger partial charge in [-0.15, -0.1) is 0 Å². The zero-order valence-electron chi connectivity index (χ0n) is 15.3. The van der Waals surface area contributed by atoms with Gasteiger partial charge in [-0.3, -0.25) is 9.89 Å². The van der Waals surface area contributed by atoms with E-state index in [4.69, 9.17) is 11.6 Å². The molecule has 31 heavy (non-hydrogen) atoms. The molecule has 0 fully saturated rings. The van der Waals surface area contributed by atoms with Gasteiger partial charge in [-0.05, 0) is 48.5 Å². The lowest BCUT2D eigenvalue weighted by atomic mass is 10.1. The summed E-state index contributed by atoms with van der Waals surface area (Å²) in [6.07, 6.45) is -4.82. The second kappa shape index (κ2) is 7.66. The number of nitrogens with zero attached hydrogens (tertiary/aromatic N) is 1. The summed E-state index contributed by atoms with van der Waals surface area (Å²) in [4.78, 5) is 12.6. The largest absolute Gasteiger partial charge is 0.416 e. The van der Waals surface area contributed by atoms with Gasteiger partial charge >= 0.3 is 6.18 Å². The third kappa shape index (κ3) is 4.09. The number of H-pyrrole nitrogens is 1. The molecule has 158 valence electrons. The monoisotopic (exact) mass is 451 g/mol. The summed E-state index contributed by atoms with van der Waals surface area (Å²) < 4.78 is 66.3. The predicted octanol–water partition coefficient (Wildman–Crippen LogP) is 6.43. The molecule has 3 aromatic carbocycles. The summed E-state index contributed by atoms with van der Waals surface area (Å²) in [5, 5.41) is 9.90. The molecule has 1 heterocycles. The van der Waals surface area contributed by atoms with Crippen molar-refractivity contribution in [2.24, 2.45) is 0 Å². The average Bonchev–Trinajstić information content (AvgIpc) is 3.13. The zero-order chi connectivity index (χ0) is 22.3. The molecule has 0 spiro atoms. The maximum absolute atomic E-state index is 13.7. The quantitative estimate of drug-likeness (QED) is 0.352. The molecule has 0 aliphatic heterocycles. The van der Waals surface area contributed by atoms with Crippen molar-refractivity contribution in [3.05, 3.63) is 82.4 Å². The summed E-state index contributed by atoms with van der Waals surface area (Å²) >= 11 is 6.16. The molecule has 0 atom stereocenters. The van der Waals surface area contributed by atoms with Crippen molar-refractivity contribution < 1.29 is 26.7 Å². The lowest BCUT2D eigenvalue weighted by Gasteiger charge is -2.11. The van der Waals surface area contributed by atoms with Crippen LogP contribution in [0.5, 0.6) is 0 Å². The maximum Gasteiger partial charge on any atom is 0.416 e. The summed E-state index contributed by atoms with van der Waals surface area (Å²) in [6.45, 7) is 0. The number of hydrogen-bond donors (Lipinski definition) is 2. The summed E-state index contributed by atoms with van der Waals surface area (Å²) in [5.41, 5.74) is -0.692. The third-order valence-electron chi connectivity index (χ3n) is 4.51. The molecule has 0 unspecified atom stereocenters. The molecular formula is C21H11ClF5N3O. The number of anilines is 1. The van der Waals surface area contributed by atoms with Crippen LogP contribution in [0.25, 0.3) is 22.2 Å². The Labute approximate surface area is 176 Å². The van der Waals surface area contributed by atoms with Crippen molar-refractivity contribution in [3.63, 3.8) is 0 Å². The van der Waals surface area contributed by atoms with Crippen molar-refractivity contribution in [3.8, 4) is 11.3 Å². The van der Waals surface area contributed by atoms with E-state index in [1.165, 1.54) is 24.3 Å². The Morgan fingerprint density at radius 2 is 1.77 bits per heavy atom. The fourth-order valence-electron chi connectivity index (χ4n) is 3.13. The first-order valence-corrected chi connectivity index (χ1v) is 9.13. The number of carbonyl (C=O) groups excluding carboxylic acids is 1. The zero-order valence-corrected chi connectivity index (χ0v) is 16.1. The van der Waals surface area contributed by atoms with Gasteiger partial charge in [-0.1, -0.05) is 17.7 Å². The lowest BCUT2D eigenvalue weighted by Crippen LogP contribution is -2.15. The van der Waals surface area contributed by atoms with Crippen molar-refractivity contribution in [2.45, 2.75) is 6.18 Å². The van der Waals surface area contributed by atoms with E-state index in [1.807, 2.05) is 0 Å². The Morgan fingerprint density at radius 1 is 1.00 bits per heavy atom. The van der Waals surface area contributed by atoms with Crippen LogP contribution in [0.2, 0.25) is 5.02 Å². The van der Waals surface area contributed by atoms with E-state index in [1.54, 1.807) is 12.1 Å². The normalized spacial score (nSPS) is 11.7. The molecule has 0 aliphatic rings. The number of benzene rings is 3. The number of fused-ring (bicyclic) bond motifs is 1. The van der Waals surface area contributed by atoms with Crippen molar-refractivity contribution in [2.75, 3.05) is 5.32 Å². The van der Waals surface area contributed by atoms with Crippen LogP contribution >= 0.6 is 11.6 Å². The number of aromatic amines is 1. The van der Waals surface area contributed by atoms with Gasteiger partial charge in [-0.2, -0.15) is 18.3 Å². The van der Waals surface area contributed by atoms with Crippen molar-refractivity contribution >= 4 is 34.1 Å². The van der Waals surface area contributed by atoms with Gasteiger partial charge in [0.15, 0.2) is 0 Å². The molecular weight excluding hydrogens is 441 g/mol. The van der Waals surface area contributed by atoms with Crippen molar-refractivity contribution in [1.82, 2.24) is 10.2 Å². The Hall–Kier alpha value is -3.46. The molecule has 4 nitrogen and oxygen atoms in total. The SMILES string of the molecule is O=C(Nc1cccc2[nH]nc(-c3cc(F)ccc3Cl)c12)c1cc(F)cc(C(F)(F)F)c1. The van der Waals surface area contributed by atoms with Crippen LogP contribution in [0.3, 0.4) is 0 Å². The molecule has 4 rings (SSSR count). The van der Waals surface area contributed by atoms with Gasteiger partial charge in [-0.25, -0.2) is 8.78 Å². The van der Waals surface area contributed by atoms with Gasteiger partial charge in [0.2, 0.25) is 0 Å². The Balaban J connectivity index is 1.78. The second-order valence-electron chi connectivity index (χ2n) is 6.60. The first-order chi connectivity index (χ1) is 14.6. The molecule has 0 saturated heterocycles. The van der Waals surface area contributed by atoms with E-state index in [0.717, 1.165) is 0 Å². The van der Waals surface area contributed by atoms with E-state index in [-0.39, 0.29) is 22.0 Å². The van der Waals surface area contributed by atoms with Crippen LogP contribution in [0.4, 0.5) is 27.6 Å². The average molecular weight is 452 g/mol. The maximum atomic E-state index is 13.7. The highest BCUT2D eigenvalue weighted by molar-refractivity contribution is 6.33. The summed E-state index contributed by atoms with van der Waals surface area (Å²) in [5.74, 6) is -2.72. The smallest absolute Gasteiger partial charge is 0.321 e. The first kappa shape index (κ1) is 20.8. The summed E-state index contributed by atoms with van der Waals surface area (Å²) in [6, 6.07) is 9.93. The first-order valence-electron chi connectivity index (χ1n) is 8.75. The highest BCUT2D eigenvalue weighted by atomic mass is 35.5. The van der Waals surface area contributed by atoms with Gasteiger partial charge < -0.3 is 5.32 Å². The highest BCUT2D eigenvalue weighted by Gasteiger charge is 2.32. The van der Waals surface area contributed by atoms with E-state index < -0.39 is 34.8 Å². The van der Waals surface area contributed by atoms with E-state index in [2.05, 4.69) is 15.5 Å². The molecule has 2 N–H and O–H groups in total. The fraction of sp³-hybridized carbons (Fsp3) is 0.0476. The second-order valence-corrected chi connectivity index (χ2v) is 7.01.